The average Bonchev–Trinajstić information content (AvgIpc) is 2.73. The van der Waals surface area contributed by atoms with Gasteiger partial charge in [-0.1, -0.05) is 24.3 Å². The van der Waals surface area contributed by atoms with E-state index in [1.165, 1.54) is 19.8 Å². The molecule has 6 nitrogen and oxygen atoms in total. The van der Waals surface area contributed by atoms with Gasteiger partial charge in [-0.2, -0.15) is 0 Å². The van der Waals surface area contributed by atoms with Gasteiger partial charge in [0.05, 0.1) is 40.1 Å². The number of hydrogen-bond acceptors (Lipinski definition) is 6. The van der Waals surface area contributed by atoms with E-state index in [1.807, 2.05) is 18.2 Å². The molecule has 144 valence electrons. The summed E-state index contributed by atoms with van der Waals surface area (Å²) in [6.07, 6.45) is 0.789. The predicted molar refractivity (Wildman–Crippen MR) is 103 cm³/mol. The van der Waals surface area contributed by atoms with E-state index in [-0.39, 0.29) is 0 Å². The summed E-state index contributed by atoms with van der Waals surface area (Å²) < 4.78 is 21.6. The molecule has 0 atom stereocenters. The van der Waals surface area contributed by atoms with E-state index in [9.17, 15) is 4.79 Å². The molecule has 0 amide bonds. The van der Waals surface area contributed by atoms with E-state index in [0.717, 1.165) is 50.3 Å². The Morgan fingerprint density at radius 2 is 1.67 bits per heavy atom. The van der Waals surface area contributed by atoms with Crippen LogP contribution in [0.3, 0.4) is 0 Å². The van der Waals surface area contributed by atoms with Gasteiger partial charge in [0.15, 0.2) is 17.8 Å². The molecule has 0 N–H and O–H groups in total. The summed E-state index contributed by atoms with van der Waals surface area (Å²) in [5.41, 5.74) is 3.33. The van der Waals surface area contributed by atoms with Crippen LogP contribution in [-0.2, 0) is 11.3 Å². The van der Waals surface area contributed by atoms with Gasteiger partial charge in [-0.15, -0.1) is 0 Å². The van der Waals surface area contributed by atoms with Crippen LogP contribution < -0.4 is 14.2 Å². The Morgan fingerprint density at radius 1 is 1.00 bits per heavy atom. The summed E-state index contributed by atoms with van der Waals surface area (Å²) in [7, 11) is 4.60. The fourth-order valence-electron chi connectivity index (χ4n) is 3.34. The van der Waals surface area contributed by atoms with Gasteiger partial charge < -0.3 is 18.9 Å². The first-order valence-electron chi connectivity index (χ1n) is 8.89. The Hall–Kier alpha value is -2.57. The lowest BCUT2D eigenvalue weighted by atomic mass is 9.97. The van der Waals surface area contributed by atoms with Crippen LogP contribution in [-0.4, -0.2) is 58.8 Å². The molecule has 2 aromatic carbocycles. The number of rotatable bonds is 7. The van der Waals surface area contributed by atoms with Gasteiger partial charge >= 0.3 is 0 Å². The Morgan fingerprint density at radius 3 is 2.22 bits per heavy atom. The second-order valence-corrected chi connectivity index (χ2v) is 6.31. The predicted octanol–water partition coefficient (Wildman–Crippen LogP) is 3.02. The molecule has 1 fully saturated rings. The van der Waals surface area contributed by atoms with Gasteiger partial charge in [0.1, 0.15) is 0 Å². The zero-order valence-corrected chi connectivity index (χ0v) is 16.0. The second-order valence-electron chi connectivity index (χ2n) is 6.31. The molecule has 0 aliphatic carbocycles. The number of nitrogens with zero attached hydrogens (tertiary/aromatic N) is 1. The Bertz CT molecular complexity index is 782. The SMILES string of the molecule is COc1cc(-c2ccc(CN3CCOCC3)cc2)c(C=O)c(OC)c1OC. The van der Waals surface area contributed by atoms with Crippen LogP contribution in [0.2, 0.25) is 0 Å². The molecule has 0 aromatic heterocycles. The van der Waals surface area contributed by atoms with Crippen molar-refractivity contribution in [2.24, 2.45) is 0 Å². The minimum absolute atomic E-state index is 0.374. The van der Waals surface area contributed by atoms with Crippen LogP contribution in [0.25, 0.3) is 11.1 Å². The van der Waals surface area contributed by atoms with E-state index in [1.54, 1.807) is 7.11 Å². The van der Waals surface area contributed by atoms with Crippen molar-refractivity contribution >= 4 is 6.29 Å². The van der Waals surface area contributed by atoms with Gasteiger partial charge in [-0.05, 0) is 22.8 Å². The van der Waals surface area contributed by atoms with E-state index in [0.29, 0.717) is 22.8 Å². The molecule has 0 bridgehead atoms. The molecule has 0 saturated carbocycles. The number of carbonyl (C=O) groups excluding carboxylic acids is 1. The topological polar surface area (TPSA) is 57.2 Å². The van der Waals surface area contributed by atoms with E-state index in [2.05, 4.69) is 17.0 Å². The fourth-order valence-corrected chi connectivity index (χ4v) is 3.34. The number of hydrogen-bond donors (Lipinski definition) is 0. The minimum atomic E-state index is 0.374. The summed E-state index contributed by atoms with van der Waals surface area (Å²) in [4.78, 5) is 14.2. The molecule has 0 unspecified atom stereocenters. The molecular weight excluding hydrogens is 346 g/mol. The van der Waals surface area contributed by atoms with Crippen LogP contribution >= 0.6 is 0 Å². The van der Waals surface area contributed by atoms with Crippen LogP contribution in [0.4, 0.5) is 0 Å². The van der Waals surface area contributed by atoms with E-state index < -0.39 is 0 Å². The summed E-state index contributed by atoms with van der Waals surface area (Å²) in [5, 5.41) is 0. The molecule has 1 heterocycles. The van der Waals surface area contributed by atoms with Crippen LogP contribution in [0.1, 0.15) is 15.9 Å². The smallest absolute Gasteiger partial charge is 0.204 e. The highest BCUT2D eigenvalue weighted by atomic mass is 16.5. The summed E-state index contributed by atoms with van der Waals surface area (Å²) in [6, 6.07) is 10.0. The second kappa shape index (κ2) is 8.88. The molecule has 6 heteroatoms. The maximum atomic E-state index is 11.8. The monoisotopic (exact) mass is 371 g/mol. The fraction of sp³-hybridized carbons (Fsp3) is 0.381. The lowest BCUT2D eigenvalue weighted by molar-refractivity contribution is 0.0342. The van der Waals surface area contributed by atoms with Crippen molar-refractivity contribution < 1.29 is 23.7 Å². The Balaban J connectivity index is 1.94. The average molecular weight is 371 g/mol. The number of ether oxygens (including phenoxy) is 4. The van der Waals surface area contributed by atoms with E-state index >= 15 is 0 Å². The summed E-state index contributed by atoms with van der Waals surface area (Å²) in [5.74, 6) is 1.31. The quantitative estimate of drug-likeness (QED) is 0.698. The van der Waals surface area contributed by atoms with Crippen molar-refractivity contribution in [3.05, 3.63) is 41.5 Å². The number of morpholine rings is 1. The molecule has 3 rings (SSSR count). The molecule has 1 aliphatic rings. The van der Waals surface area contributed by atoms with Crippen molar-refractivity contribution in [3.63, 3.8) is 0 Å². The highest BCUT2D eigenvalue weighted by Gasteiger charge is 2.21. The summed E-state index contributed by atoms with van der Waals surface area (Å²) in [6.45, 7) is 4.35. The zero-order valence-electron chi connectivity index (χ0n) is 16.0. The number of carbonyl (C=O) groups is 1. The number of methoxy groups -OCH3 is 3. The maximum Gasteiger partial charge on any atom is 0.204 e. The van der Waals surface area contributed by atoms with Crippen molar-refractivity contribution in [1.82, 2.24) is 4.90 Å². The number of benzene rings is 2. The lowest BCUT2D eigenvalue weighted by Gasteiger charge is -2.26. The third-order valence-electron chi connectivity index (χ3n) is 4.76. The van der Waals surface area contributed by atoms with Crippen molar-refractivity contribution in [3.8, 4) is 28.4 Å². The first kappa shape index (κ1) is 19.2. The third kappa shape index (κ3) is 4.07. The van der Waals surface area contributed by atoms with Gasteiger partial charge in [-0.25, -0.2) is 0 Å². The number of aldehydes is 1. The van der Waals surface area contributed by atoms with Crippen molar-refractivity contribution in [2.75, 3.05) is 47.6 Å². The van der Waals surface area contributed by atoms with Gasteiger partial charge in [0.2, 0.25) is 5.75 Å². The van der Waals surface area contributed by atoms with Gasteiger partial charge in [-0.3, -0.25) is 9.69 Å². The first-order chi connectivity index (χ1) is 13.2. The maximum absolute atomic E-state index is 11.8. The first-order valence-corrected chi connectivity index (χ1v) is 8.89. The largest absolute Gasteiger partial charge is 0.493 e. The van der Waals surface area contributed by atoms with Crippen LogP contribution in [0.5, 0.6) is 17.2 Å². The normalized spacial score (nSPS) is 14.6. The molecule has 0 spiro atoms. The van der Waals surface area contributed by atoms with Crippen LogP contribution in [0.15, 0.2) is 30.3 Å². The van der Waals surface area contributed by atoms with Crippen LogP contribution in [0, 0.1) is 0 Å². The van der Waals surface area contributed by atoms with Gasteiger partial charge in [0.25, 0.3) is 0 Å². The third-order valence-corrected chi connectivity index (χ3v) is 4.76. The molecule has 27 heavy (non-hydrogen) atoms. The zero-order chi connectivity index (χ0) is 19.2. The van der Waals surface area contributed by atoms with Crippen molar-refractivity contribution in [2.45, 2.75) is 6.54 Å². The molecular formula is C21H25NO5. The molecule has 0 radical (unpaired) electrons. The van der Waals surface area contributed by atoms with Gasteiger partial charge in [0, 0.05) is 19.6 Å². The van der Waals surface area contributed by atoms with Crippen molar-refractivity contribution in [1.29, 1.82) is 0 Å². The molecule has 2 aromatic rings. The lowest BCUT2D eigenvalue weighted by Crippen LogP contribution is -2.35. The highest BCUT2D eigenvalue weighted by Crippen LogP contribution is 2.44. The molecule has 1 saturated heterocycles. The Kier molecular flexibility index (Phi) is 6.32. The molecule has 1 aliphatic heterocycles. The summed E-state index contributed by atoms with van der Waals surface area (Å²) >= 11 is 0. The van der Waals surface area contributed by atoms with E-state index in [4.69, 9.17) is 18.9 Å². The minimum Gasteiger partial charge on any atom is -0.493 e. The highest BCUT2D eigenvalue weighted by molar-refractivity contribution is 5.94. The standard InChI is InChI=1S/C21H25NO5/c1-24-19-12-17(18(14-23)20(25-2)21(19)26-3)16-6-4-15(5-7-16)13-22-8-10-27-11-9-22/h4-7,12,14H,8-11,13H2,1-3H3. The Labute approximate surface area is 159 Å².